The van der Waals surface area contributed by atoms with E-state index in [1.165, 1.54) is 29.6 Å². The predicted molar refractivity (Wildman–Crippen MR) is 96.1 cm³/mol. The lowest BCUT2D eigenvalue weighted by molar-refractivity contribution is -0.0667. The van der Waals surface area contributed by atoms with Crippen LogP contribution in [0, 0.1) is 5.82 Å². The zero-order valence-corrected chi connectivity index (χ0v) is 15.8. The van der Waals surface area contributed by atoms with Gasteiger partial charge >= 0.3 is 0 Å². The summed E-state index contributed by atoms with van der Waals surface area (Å²) in [5.41, 5.74) is -0.390. The minimum Gasteiger partial charge on any atom is -0.497 e. The van der Waals surface area contributed by atoms with Crippen LogP contribution >= 0.6 is 0 Å². The number of ether oxygens (including phenoxy) is 2. The number of sulfonamides is 1. The fourth-order valence-corrected chi connectivity index (χ4v) is 4.82. The minimum atomic E-state index is -3.77. The summed E-state index contributed by atoms with van der Waals surface area (Å²) in [6.07, 6.45) is -0.655. The van der Waals surface area contributed by atoms with E-state index in [2.05, 4.69) is 0 Å². The Morgan fingerprint density at radius 3 is 2.42 bits per heavy atom. The van der Waals surface area contributed by atoms with Crippen molar-refractivity contribution in [3.05, 3.63) is 59.9 Å². The highest BCUT2D eigenvalue weighted by Gasteiger charge is 2.43. The number of hydrogen-bond acceptors (Lipinski definition) is 4. The van der Waals surface area contributed by atoms with Crippen LogP contribution in [0.15, 0.2) is 53.4 Å². The maximum absolute atomic E-state index is 14.1. The summed E-state index contributed by atoms with van der Waals surface area (Å²) in [6.45, 7) is 3.81. The van der Waals surface area contributed by atoms with Crippen molar-refractivity contribution in [2.24, 2.45) is 0 Å². The van der Waals surface area contributed by atoms with Crippen LogP contribution in [-0.2, 0) is 14.8 Å². The highest BCUT2D eigenvalue weighted by atomic mass is 32.2. The molecule has 0 bridgehead atoms. The molecule has 3 rings (SSSR count). The van der Waals surface area contributed by atoms with E-state index in [0.717, 1.165) is 0 Å². The molecule has 0 aliphatic carbocycles. The first kappa shape index (κ1) is 18.8. The van der Waals surface area contributed by atoms with Gasteiger partial charge in [0.1, 0.15) is 11.6 Å². The van der Waals surface area contributed by atoms with Gasteiger partial charge in [-0.3, -0.25) is 0 Å². The third-order valence-electron chi connectivity index (χ3n) is 4.54. The number of halogens is 1. The van der Waals surface area contributed by atoms with E-state index in [4.69, 9.17) is 9.47 Å². The van der Waals surface area contributed by atoms with Gasteiger partial charge in [-0.25, -0.2) is 12.8 Å². The van der Waals surface area contributed by atoms with Crippen LogP contribution in [0.3, 0.4) is 0 Å². The Labute approximate surface area is 153 Å². The fraction of sp³-hybridized carbons (Fsp3) is 0.368. The van der Waals surface area contributed by atoms with Crippen molar-refractivity contribution in [2.45, 2.75) is 30.4 Å². The van der Waals surface area contributed by atoms with Gasteiger partial charge in [0.15, 0.2) is 0 Å². The summed E-state index contributed by atoms with van der Waals surface area (Å²) in [6, 6.07) is 12.5. The molecule has 1 saturated heterocycles. The second-order valence-electron chi connectivity index (χ2n) is 6.85. The van der Waals surface area contributed by atoms with Gasteiger partial charge < -0.3 is 9.47 Å². The molecule has 5 nitrogen and oxygen atoms in total. The Morgan fingerprint density at radius 2 is 1.81 bits per heavy atom. The summed E-state index contributed by atoms with van der Waals surface area (Å²) in [4.78, 5) is 0.167. The Morgan fingerprint density at radius 1 is 1.15 bits per heavy atom. The SMILES string of the molecule is COc1ccc(S(=O)(=O)N2CC(c3ccccc3F)OCC2(C)C)cc1. The average molecular weight is 379 g/mol. The summed E-state index contributed by atoms with van der Waals surface area (Å²) in [5.74, 6) is 0.174. The molecule has 0 saturated carbocycles. The molecule has 1 unspecified atom stereocenters. The van der Waals surface area contributed by atoms with E-state index in [1.54, 1.807) is 44.2 Å². The van der Waals surface area contributed by atoms with E-state index in [1.807, 2.05) is 0 Å². The topological polar surface area (TPSA) is 55.8 Å². The van der Waals surface area contributed by atoms with Gasteiger partial charge in [0.25, 0.3) is 0 Å². The number of methoxy groups -OCH3 is 1. The molecule has 1 atom stereocenters. The van der Waals surface area contributed by atoms with Crippen molar-refractivity contribution in [2.75, 3.05) is 20.3 Å². The quantitative estimate of drug-likeness (QED) is 0.817. The Bertz CT molecular complexity index is 881. The van der Waals surface area contributed by atoms with E-state index in [0.29, 0.717) is 11.3 Å². The lowest BCUT2D eigenvalue weighted by atomic mass is 10.0. The van der Waals surface area contributed by atoms with Crippen molar-refractivity contribution in [1.82, 2.24) is 4.31 Å². The Hall–Kier alpha value is -1.96. The molecule has 1 aliphatic rings. The molecule has 0 N–H and O–H groups in total. The molecule has 2 aromatic rings. The number of nitrogens with zero attached hydrogens (tertiary/aromatic N) is 1. The highest BCUT2D eigenvalue weighted by Crippen LogP contribution is 2.35. The standard InChI is InChI=1S/C19H22FNO4S/c1-19(2)13-25-18(16-6-4-5-7-17(16)20)12-21(19)26(22,23)15-10-8-14(24-3)9-11-15/h4-11,18H,12-13H2,1-3H3. The van der Waals surface area contributed by atoms with E-state index in [-0.39, 0.29) is 18.0 Å². The second kappa shape index (κ2) is 6.98. The first-order valence-electron chi connectivity index (χ1n) is 8.28. The Balaban J connectivity index is 1.95. The van der Waals surface area contributed by atoms with Gasteiger partial charge in [-0.1, -0.05) is 18.2 Å². The van der Waals surface area contributed by atoms with E-state index >= 15 is 0 Å². The minimum absolute atomic E-state index is 0.0439. The summed E-state index contributed by atoms with van der Waals surface area (Å²) < 4.78 is 52.8. The lowest BCUT2D eigenvalue weighted by Gasteiger charge is -2.44. The van der Waals surface area contributed by atoms with Gasteiger partial charge in [0, 0.05) is 12.1 Å². The smallest absolute Gasteiger partial charge is 0.243 e. The first-order valence-corrected chi connectivity index (χ1v) is 9.72. The van der Waals surface area contributed by atoms with Crippen LogP contribution in [-0.4, -0.2) is 38.5 Å². The van der Waals surface area contributed by atoms with E-state index < -0.39 is 27.5 Å². The average Bonchev–Trinajstić information content (AvgIpc) is 2.62. The van der Waals surface area contributed by atoms with Crippen molar-refractivity contribution in [3.8, 4) is 5.75 Å². The third kappa shape index (κ3) is 3.47. The van der Waals surface area contributed by atoms with Gasteiger partial charge in [-0.2, -0.15) is 4.31 Å². The molecular formula is C19H22FNO4S. The number of morpholine rings is 1. The molecule has 0 aromatic heterocycles. The summed E-state index contributed by atoms with van der Waals surface area (Å²) in [7, 11) is -2.25. The molecule has 1 fully saturated rings. The van der Waals surface area contributed by atoms with E-state index in [9.17, 15) is 12.8 Å². The van der Waals surface area contributed by atoms with Crippen LogP contribution in [0.5, 0.6) is 5.75 Å². The van der Waals surface area contributed by atoms with Crippen LogP contribution in [0.25, 0.3) is 0 Å². The molecule has 7 heteroatoms. The van der Waals surface area contributed by atoms with Gasteiger partial charge in [0.2, 0.25) is 10.0 Å². The maximum atomic E-state index is 14.1. The maximum Gasteiger partial charge on any atom is 0.243 e. The lowest BCUT2D eigenvalue weighted by Crippen LogP contribution is -2.56. The highest BCUT2D eigenvalue weighted by molar-refractivity contribution is 7.89. The van der Waals surface area contributed by atoms with Crippen LogP contribution < -0.4 is 4.74 Å². The van der Waals surface area contributed by atoms with Crippen molar-refractivity contribution < 1.29 is 22.3 Å². The number of rotatable bonds is 4. The molecule has 1 heterocycles. The van der Waals surface area contributed by atoms with Crippen LogP contribution in [0.4, 0.5) is 4.39 Å². The van der Waals surface area contributed by atoms with Gasteiger partial charge in [-0.05, 0) is 44.2 Å². The normalized spacial score (nSPS) is 20.7. The Kier molecular flexibility index (Phi) is 5.05. The third-order valence-corrected chi connectivity index (χ3v) is 6.64. The first-order chi connectivity index (χ1) is 12.3. The van der Waals surface area contributed by atoms with Crippen LogP contribution in [0.2, 0.25) is 0 Å². The summed E-state index contributed by atoms with van der Waals surface area (Å²) >= 11 is 0. The van der Waals surface area contributed by atoms with Gasteiger partial charge in [0.05, 0.1) is 30.3 Å². The molecule has 140 valence electrons. The fourth-order valence-electron chi connectivity index (χ4n) is 3.05. The molecule has 26 heavy (non-hydrogen) atoms. The zero-order chi connectivity index (χ0) is 18.9. The van der Waals surface area contributed by atoms with Crippen molar-refractivity contribution in [3.63, 3.8) is 0 Å². The van der Waals surface area contributed by atoms with Crippen molar-refractivity contribution in [1.29, 1.82) is 0 Å². The predicted octanol–water partition coefficient (Wildman–Crippen LogP) is 3.38. The monoisotopic (exact) mass is 379 g/mol. The molecule has 0 amide bonds. The number of benzene rings is 2. The molecule has 0 spiro atoms. The van der Waals surface area contributed by atoms with Crippen molar-refractivity contribution >= 4 is 10.0 Å². The molecule has 0 radical (unpaired) electrons. The summed E-state index contributed by atoms with van der Waals surface area (Å²) in [5, 5.41) is 0. The molecule has 1 aliphatic heterocycles. The van der Waals surface area contributed by atoms with Crippen LogP contribution in [0.1, 0.15) is 25.5 Å². The second-order valence-corrected chi connectivity index (χ2v) is 8.71. The molecule has 2 aromatic carbocycles. The largest absolute Gasteiger partial charge is 0.497 e. The zero-order valence-electron chi connectivity index (χ0n) is 15.0. The number of hydrogen-bond donors (Lipinski definition) is 0. The van der Waals surface area contributed by atoms with Gasteiger partial charge in [-0.15, -0.1) is 0 Å². The molecular weight excluding hydrogens is 357 g/mol.